The SMILES string of the molecule is CCNC(=NCCNc1ncccc1C(F)(F)F)N(C)CC(=O)N(CC)CC.I. The molecule has 1 amide bonds. The number of aliphatic imine (C=N–C) groups is 1. The van der Waals surface area contributed by atoms with E-state index in [0.29, 0.717) is 25.6 Å². The molecule has 0 aliphatic rings. The second-order valence-electron chi connectivity index (χ2n) is 5.98. The van der Waals surface area contributed by atoms with E-state index in [4.69, 9.17) is 0 Å². The summed E-state index contributed by atoms with van der Waals surface area (Å²) in [7, 11) is 1.75. The van der Waals surface area contributed by atoms with E-state index in [-0.39, 0.29) is 55.3 Å². The molecule has 7 nitrogen and oxygen atoms in total. The standard InChI is InChI=1S/C18H29F3N6O.HI/c1-5-22-17(26(4)13-15(28)27(6-2)7-3)25-12-11-24-16-14(18(19,20)21)9-8-10-23-16;/h8-10H,5-7,11-13H2,1-4H3,(H,22,25)(H,23,24);1H. The molecule has 0 bridgehead atoms. The summed E-state index contributed by atoms with van der Waals surface area (Å²) in [5, 5.41) is 5.75. The van der Waals surface area contributed by atoms with Crippen LogP contribution >= 0.6 is 24.0 Å². The van der Waals surface area contributed by atoms with E-state index in [1.54, 1.807) is 16.8 Å². The van der Waals surface area contributed by atoms with Crippen molar-refractivity contribution < 1.29 is 18.0 Å². The third kappa shape index (κ3) is 9.05. The number of halogens is 4. The maximum Gasteiger partial charge on any atom is 0.419 e. The summed E-state index contributed by atoms with van der Waals surface area (Å²) >= 11 is 0. The molecular weight excluding hydrogens is 500 g/mol. The monoisotopic (exact) mass is 530 g/mol. The highest BCUT2D eigenvalue weighted by atomic mass is 127. The number of alkyl halides is 3. The van der Waals surface area contributed by atoms with Gasteiger partial charge in [-0.25, -0.2) is 4.98 Å². The number of pyridine rings is 1. The highest BCUT2D eigenvalue weighted by Crippen LogP contribution is 2.33. The van der Waals surface area contributed by atoms with Crippen LogP contribution in [0.5, 0.6) is 0 Å². The minimum Gasteiger partial charge on any atom is -0.368 e. The summed E-state index contributed by atoms with van der Waals surface area (Å²) in [6, 6.07) is 2.23. The summed E-state index contributed by atoms with van der Waals surface area (Å²) < 4.78 is 38.9. The van der Waals surface area contributed by atoms with Crippen molar-refractivity contribution in [2.75, 3.05) is 51.6 Å². The van der Waals surface area contributed by atoms with Crippen LogP contribution in [0.3, 0.4) is 0 Å². The topological polar surface area (TPSA) is 72.9 Å². The van der Waals surface area contributed by atoms with E-state index in [2.05, 4.69) is 20.6 Å². The normalized spacial score (nSPS) is 11.5. The van der Waals surface area contributed by atoms with Gasteiger partial charge < -0.3 is 20.4 Å². The first kappa shape index (κ1) is 27.2. The van der Waals surface area contributed by atoms with Crippen LogP contribution in [-0.2, 0) is 11.0 Å². The summed E-state index contributed by atoms with van der Waals surface area (Å²) in [4.78, 5) is 23.8. The Kier molecular flexibility index (Phi) is 12.6. The van der Waals surface area contributed by atoms with Crippen LogP contribution in [0.4, 0.5) is 19.0 Å². The molecule has 1 aromatic rings. The van der Waals surface area contributed by atoms with Gasteiger partial charge in [-0.15, -0.1) is 24.0 Å². The molecule has 1 heterocycles. The quantitative estimate of drug-likeness (QED) is 0.223. The third-order valence-corrected chi connectivity index (χ3v) is 3.96. The van der Waals surface area contributed by atoms with Gasteiger partial charge in [-0.1, -0.05) is 0 Å². The highest BCUT2D eigenvalue weighted by molar-refractivity contribution is 14.0. The highest BCUT2D eigenvalue weighted by Gasteiger charge is 2.33. The molecule has 0 fully saturated rings. The van der Waals surface area contributed by atoms with Crippen LogP contribution in [0.25, 0.3) is 0 Å². The molecule has 0 saturated carbocycles. The van der Waals surface area contributed by atoms with E-state index < -0.39 is 11.7 Å². The fraction of sp³-hybridized carbons (Fsp3) is 0.611. The van der Waals surface area contributed by atoms with E-state index in [0.717, 1.165) is 6.07 Å². The molecule has 0 aliphatic heterocycles. The van der Waals surface area contributed by atoms with Crippen molar-refractivity contribution in [3.8, 4) is 0 Å². The molecule has 1 aromatic heterocycles. The maximum atomic E-state index is 13.0. The molecule has 166 valence electrons. The molecule has 0 aromatic carbocycles. The molecule has 0 unspecified atom stereocenters. The Morgan fingerprint density at radius 3 is 2.45 bits per heavy atom. The largest absolute Gasteiger partial charge is 0.419 e. The van der Waals surface area contributed by atoms with Crippen LogP contribution in [0, 0.1) is 0 Å². The fourth-order valence-electron chi connectivity index (χ4n) is 2.53. The first-order valence-corrected chi connectivity index (χ1v) is 9.27. The number of nitrogens with zero attached hydrogens (tertiary/aromatic N) is 4. The van der Waals surface area contributed by atoms with E-state index >= 15 is 0 Å². The number of hydrogen-bond donors (Lipinski definition) is 2. The van der Waals surface area contributed by atoms with Crippen LogP contribution in [0.2, 0.25) is 0 Å². The van der Waals surface area contributed by atoms with Gasteiger partial charge in [-0.05, 0) is 32.9 Å². The van der Waals surface area contributed by atoms with Crippen LogP contribution < -0.4 is 10.6 Å². The van der Waals surface area contributed by atoms with Crippen molar-refractivity contribution in [3.63, 3.8) is 0 Å². The van der Waals surface area contributed by atoms with Gasteiger partial charge in [0.25, 0.3) is 0 Å². The van der Waals surface area contributed by atoms with Crippen LogP contribution in [0.15, 0.2) is 23.3 Å². The lowest BCUT2D eigenvalue weighted by Crippen LogP contribution is -2.45. The van der Waals surface area contributed by atoms with Gasteiger partial charge in [0.05, 0.1) is 18.7 Å². The Hall–Kier alpha value is -1.79. The van der Waals surface area contributed by atoms with Crippen molar-refractivity contribution in [3.05, 3.63) is 23.9 Å². The first-order valence-electron chi connectivity index (χ1n) is 9.27. The van der Waals surface area contributed by atoms with Gasteiger partial charge in [0.2, 0.25) is 5.91 Å². The van der Waals surface area contributed by atoms with E-state index in [1.807, 2.05) is 20.8 Å². The minimum absolute atomic E-state index is 0. The lowest BCUT2D eigenvalue weighted by atomic mass is 10.2. The van der Waals surface area contributed by atoms with Crippen LogP contribution in [-0.4, -0.2) is 73.0 Å². The molecular formula is C18H30F3IN6O. The Morgan fingerprint density at radius 1 is 1.24 bits per heavy atom. The van der Waals surface area contributed by atoms with Crippen molar-refractivity contribution in [1.82, 2.24) is 20.1 Å². The number of nitrogens with one attached hydrogen (secondary N) is 2. The lowest BCUT2D eigenvalue weighted by Gasteiger charge is -2.25. The second-order valence-corrected chi connectivity index (χ2v) is 5.98. The molecule has 2 N–H and O–H groups in total. The molecule has 11 heteroatoms. The molecule has 29 heavy (non-hydrogen) atoms. The zero-order valence-corrected chi connectivity index (χ0v) is 19.5. The van der Waals surface area contributed by atoms with Crippen molar-refractivity contribution in [2.24, 2.45) is 4.99 Å². The van der Waals surface area contributed by atoms with Crippen LogP contribution in [0.1, 0.15) is 26.3 Å². The number of aromatic nitrogens is 1. The number of guanidine groups is 1. The average Bonchev–Trinajstić information content (AvgIpc) is 2.64. The van der Waals surface area contributed by atoms with Gasteiger partial charge in [-0.3, -0.25) is 9.79 Å². The van der Waals surface area contributed by atoms with E-state index in [9.17, 15) is 18.0 Å². The summed E-state index contributed by atoms with van der Waals surface area (Å²) in [6.07, 6.45) is -3.17. The zero-order valence-electron chi connectivity index (χ0n) is 17.2. The third-order valence-electron chi connectivity index (χ3n) is 3.96. The number of amides is 1. The average molecular weight is 530 g/mol. The smallest absolute Gasteiger partial charge is 0.368 e. The van der Waals surface area contributed by atoms with Crippen molar-refractivity contribution in [2.45, 2.75) is 26.9 Å². The Balaban J connectivity index is 0.00000784. The summed E-state index contributed by atoms with van der Waals surface area (Å²) in [6.45, 7) is 8.16. The molecule has 0 atom stereocenters. The Labute approximate surface area is 187 Å². The Bertz CT molecular complexity index is 653. The van der Waals surface area contributed by atoms with E-state index in [1.165, 1.54) is 12.3 Å². The number of carbonyl (C=O) groups excluding carboxylic acids is 1. The number of likely N-dealkylation sites (N-methyl/N-ethyl adjacent to an activating group) is 2. The Morgan fingerprint density at radius 2 is 1.90 bits per heavy atom. The predicted octanol–water partition coefficient (Wildman–Crippen LogP) is 2.90. The molecule has 0 spiro atoms. The molecule has 0 saturated heterocycles. The molecule has 1 rings (SSSR count). The minimum atomic E-state index is -4.47. The van der Waals surface area contributed by atoms with Gasteiger partial charge >= 0.3 is 6.18 Å². The fourth-order valence-corrected chi connectivity index (χ4v) is 2.53. The predicted molar refractivity (Wildman–Crippen MR) is 120 cm³/mol. The number of rotatable bonds is 9. The first-order chi connectivity index (χ1) is 13.2. The van der Waals surface area contributed by atoms with Gasteiger partial charge in [-0.2, -0.15) is 13.2 Å². The number of hydrogen-bond acceptors (Lipinski definition) is 4. The molecule has 0 aliphatic carbocycles. The number of anilines is 1. The summed E-state index contributed by atoms with van der Waals surface area (Å²) in [5.41, 5.74) is -0.812. The molecule has 0 radical (unpaired) electrons. The summed E-state index contributed by atoms with van der Waals surface area (Å²) in [5.74, 6) is 0.279. The lowest BCUT2D eigenvalue weighted by molar-refractivity contribution is -0.137. The van der Waals surface area contributed by atoms with Gasteiger partial charge in [0, 0.05) is 39.4 Å². The zero-order chi connectivity index (χ0) is 21.2. The second kappa shape index (κ2) is 13.4. The maximum absolute atomic E-state index is 13.0. The van der Waals surface area contributed by atoms with Crippen molar-refractivity contribution >= 4 is 41.7 Å². The van der Waals surface area contributed by atoms with Gasteiger partial charge in [0.1, 0.15) is 5.82 Å². The van der Waals surface area contributed by atoms with Crippen molar-refractivity contribution in [1.29, 1.82) is 0 Å². The number of carbonyl (C=O) groups is 1. The van der Waals surface area contributed by atoms with Gasteiger partial charge in [0.15, 0.2) is 5.96 Å².